The summed E-state index contributed by atoms with van der Waals surface area (Å²) in [5, 5.41) is 3.52. The van der Waals surface area contributed by atoms with Crippen LogP contribution in [0.15, 0.2) is 24.5 Å². The average Bonchev–Trinajstić information content (AvgIpc) is 2.40. The lowest BCUT2D eigenvalue weighted by Crippen LogP contribution is -2.52. The molecule has 0 saturated carbocycles. The van der Waals surface area contributed by atoms with Crippen molar-refractivity contribution in [1.82, 2.24) is 10.3 Å². The van der Waals surface area contributed by atoms with E-state index < -0.39 is 0 Å². The molecule has 0 bridgehead atoms. The van der Waals surface area contributed by atoms with Crippen LogP contribution in [0.1, 0.15) is 12.8 Å². The van der Waals surface area contributed by atoms with Gasteiger partial charge < -0.3 is 10.2 Å². The quantitative estimate of drug-likeness (QED) is 0.745. The molecule has 2 aliphatic heterocycles. The van der Waals surface area contributed by atoms with Gasteiger partial charge in [-0.2, -0.15) is 0 Å². The number of pyridine rings is 1. The summed E-state index contributed by atoms with van der Waals surface area (Å²) in [4.78, 5) is 6.65. The molecule has 2 atom stereocenters. The van der Waals surface area contributed by atoms with Gasteiger partial charge in [-0.15, -0.1) is 0 Å². The fraction of sp³-hybridized carbons (Fsp3) is 0.583. The largest absolute Gasteiger partial charge is 0.370 e. The van der Waals surface area contributed by atoms with Crippen LogP contribution in [-0.4, -0.2) is 30.7 Å². The highest BCUT2D eigenvalue weighted by Gasteiger charge is 2.32. The Kier molecular flexibility index (Phi) is 2.33. The van der Waals surface area contributed by atoms with E-state index in [0.29, 0.717) is 0 Å². The fourth-order valence-corrected chi connectivity index (χ4v) is 2.62. The van der Waals surface area contributed by atoms with Crippen LogP contribution < -0.4 is 10.2 Å². The van der Waals surface area contributed by atoms with Gasteiger partial charge in [0, 0.05) is 25.3 Å². The zero-order valence-corrected chi connectivity index (χ0v) is 8.89. The van der Waals surface area contributed by atoms with E-state index in [-0.39, 0.29) is 0 Å². The third-order valence-electron chi connectivity index (χ3n) is 3.70. The molecule has 2 saturated heterocycles. The standard InChI is InChI=1S/C12H17N3/c1-2-11(9-13-5-1)15-6-3-10-8-14-12(10)4-7-15/h1-2,5,9-10,12,14H,3-4,6-8H2/t10-,12-/m0/s1. The second-order valence-electron chi connectivity index (χ2n) is 4.55. The normalized spacial score (nSPS) is 30.3. The van der Waals surface area contributed by atoms with Gasteiger partial charge in [-0.25, -0.2) is 0 Å². The molecule has 1 aromatic heterocycles. The van der Waals surface area contributed by atoms with Crippen LogP contribution in [0, 0.1) is 5.92 Å². The number of anilines is 1. The smallest absolute Gasteiger partial charge is 0.0552 e. The molecule has 15 heavy (non-hydrogen) atoms. The topological polar surface area (TPSA) is 28.2 Å². The fourth-order valence-electron chi connectivity index (χ4n) is 2.62. The second kappa shape index (κ2) is 3.81. The zero-order valence-electron chi connectivity index (χ0n) is 8.89. The molecule has 3 rings (SSSR count). The molecule has 0 aliphatic carbocycles. The molecule has 3 heteroatoms. The van der Waals surface area contributed by atoms with E-state index in [2.05, 4.69) is 21.3 Å². The molecule has 0 unspecified atom stereocenters. The maximum Gasteiger partial charge on any atom is 0.0552 e. The molecule has 3 nitrogen and oxygen atoms in total. The molecule has 80 valence electrons. The SMILES string of the molecule is c1cncc(N2CC[C@H]3CN[C@H]3CC2)c1. The molecular formula is C12H17N3. The molecule has 2 aliphatic rings. The summed E-state index contributed by atoms with van der Waals surface area (Å²) in [6.07, 6.45) is 6.42. The molecular weight excluding hydrogens is 186 g/mol. The summed E-state index contributed by atoms with van der Waals surface area (Å²) in [6.45, 7) is 3.58. The van der Waals surface area contributed by atoms with Crippen LogP contribution in [0.4, 0.5) is 5.69 Å². The van der Waals surface area contributed by atoms with E-state index in [9.17, 15) is 0 Å². The van der Waals surface area contributed by atoms with Crippen molar-refractivity contribution in [3.8, 4) is 0 Å². The lowest BCUT2D eigenvalue weighted by atomic mass is 9.88. The van der Waals surface area contributed by atoms with Crippen molar-refractivity contribution in [2.24, 2.45) is 5.92 Å². The van der Waals surface area contributed by atoms with Gasteiger partial charge in [-0.3, -0.25) is 4.98 Å². The second-order valence-corrected chi connectivity index (χ2v) is 4.55. The highest BCUT2D eigenvalue weighted by Crippen LogP contribution is 2.26. The number of nitrogens with zero attached hydrogens (tertiary/aromatic N) is 2. The summed E-state index contributed by atoms with van der Waals surface area (Å²) in [6, 6.07) is 4.97. The van der Waals surface area contributed by atoms with Crippen LogP contribution in [0.3, 0.4) is 0 Å². The van der Waals surface area contributed by atoms with Crippen LogP contribution in [0.25, 0.3) is 0 Å². The van der Waals surface area contributed by atoms with E-state index >= 15 is 0 Å². The molecule has 2 fully saturated rings. The molecule has 0 radical (unpaired) electrons. The van der Waals surface area contributed by atoms with Crippen molar-refractivity contribution in [2.45, 2.75) is 18.9 Å². The lowest BCUT2D eigenvalue weighted by Gasteiger charge is -2.36. The van der Waals surface area contributed by atoms with E-state index in [1.54, 1.807) is 0 Å². The van der Waals surface area contributed by atoms with Crippen molar-refractivity contribution in [1.29, 1.82) is 0 Å². The van der Waals surface area contributed by atoms with Crippen molar-refractivity contribution in [2.75, 3.05) is 24.5 Å². The predicted octanol–water partition coefficient (Wildman–Crippen LogP) is 1.27. The Balaban J connectivity index is 1.72. The lowest BCUT2D eigenvalue weighted by molar-refractivity contribution is 0.226. The number of hydrogen-bond donors (Lipinski definition) is 1. The van der Waals surface area contributed by atoms with Gasteiger partial charge in [-0.1, -0.05) is 0 Å². The summed E-state index contributed by atoms with van der Waals surface area (Å²) in [5.41, 5.74) is 1.28. The van der Waals surface area contributed by atoms with Crippen molar-refractivity contribution in [3.05, 3.63) is 24.5 Å². The summed E-state index contributed by atoms with van der Waals surface area (Å²) >= 11 is 0. The number of aromatic nitrogens is 1. The van der Waals surface area contributed by atoms with Crippen LogP contribution in [-0.2, 0) is 0 Å². The van der Waals surface area contributed by atoms with E-state index in [0.717, 1.165) is 12.0 Å². The number of nitrogens with one attached hydrogen (secondary N) is 1. The third kappa shape index (κ3) is 1.72. The van der Waals surface area contributed by atoms with Gasteiger partial charge in [0.1, 0.15) is 0 Å². The summed E-state index contributed by atoms with van der Waals surface area (Å²) in [7, 11) is 0. The number of rotatable bonds is 1. The predicted molar refractivity (Wildman–Crippen MR) is 61.0 cm³/mol. The Morgan fingerprint density at radius 2 is 2.27 bits per heavy atom. The maximum atomic E-state index is 4.19. The number of fused-ring (bicyclic) bond motifs is 1. The van der Waals surface area contributed by atoms with Crippen LogP contribution in [0.5, 0.6) is 0 Å². The number of hydrogen-bond acceptors (Lipinski definition) is 3. The first-order valence-electron chi connectivity index (χ1n) is 5.82. The summed E-state index contributed by atoms with van der Waals surface area (Å²) < 4.78 is 0. The van der Waals surface area contributed by atoms with E-state index in [4.69, 9.17) is 0 Å². The minimum atomic E-state index is 0.784. The zero-order chi connectivity index (χ0) is 10.1. The van der Waals surface area contributed by atoms with E-state index in [1.165, 1.54) is 38.2 Å². The molecule has 0 spiro atoms. The van der Waals surface area contributed by atoms with Gasteiger partial charge in [0.2, 0.25) is 0 Å². The Morgan fingerprint density at radius 1 is 1.33 bits per heavy atom. The average molecular weight is 203 g/mol. The first-order valence-corrected chi connectivity index (χ1v) is 5.82. The van der Waals surface area contributed by atoms with Gasteiger partial charge in [0.15, 0.2) is 0 Å². The molecule has 3 heterocycles. The van der Waals surface area contributed by atoms with Gasteiger partial charge in [0.05, 0.1) is 11.9 Å². The minimum absolute atomic E-state index is 0.784. The maximum absolute atomic E-state index is 4.19. The Labute approximate surface area is 90.5 Å². The highest BCUT2D eigenvalue weighted by atomic mass is 15.2. The van der Waals surface area contributed by atoms with E-state index in [1.807, 2.05) is 18.5 Å². The minimum Gasteiger partial charge on any atom is -0.370 e. The third-order valence-corrected chi connectivity index (χ3v) is 3.70. The van der Waals surface area contributed by atoms with Crippen molar-refractivity contribution >= 4 is 5.69 Å². The highest BCUT2D eigenvalue weighted by molar-refractivity contribution is 5.43. The Bertz CT molecular complexity index is 311. The first-order chi connectivity index (χ1) is 7.43. The van der Waals surface area contributed by atoms with Crippen LogP contribution in [0.2, 0.25) is 0 Å². The first kappa shape index (κ1) is 9.16. The van der Waals surface area contributed by atoms with Gasteiger partial charge >= 0.3 is 0 Å². The van der Waals surface area contributed by atoms with Gasteiger partial charge in [-0.05, 0) is 37.4 Å². The monoisotopic (exact) mass is 203 g/mol. The Morgan fingerprint density at radius 3 is 3.00 bits per heavy atom. The molecule has 1 aromatic rings. The molecule has 0 aromatic carbocycles. The van der Waals surface area contributed by atoms with Crippen molar-refractivity contribution in [3.63, 3.8) is 0 Å². The Hall–Kier alpha value is -1.09. The molecule has 1 N–H and O–H groups in total. The van der Waals surface area contributed by atoms with Gasteiger partial charge in [0.25, 0.3) is 0 Å². The summed E-state index contributed by atoms with van der Waals surface area (Å²) in [5.74, 6) is 0.923. The van der Waals surface area contributed by atoms with Crippen molar-refractivity contribution < 1.29 is 0 Å². The van der Waals surface area contributed by atoms with Crippen LogP contribution >= 0.6 is 0 Å². The molecule has 0 amide bonds.